The van der Waals surface area contributed by atoms with Crippen molar-refractivity contribution in [2.24, 2.45) is 0 Å². The van der Waals surface area contributed by atoms with Gasteiger partial charge in [0.2, 0.25) is 0 Å². The zero-order valence-electron chi connectivity index (χ0n) is 11.7. The number of rotatable bonds is 4. The lowest BCUT2D eigenvalue weighted by molar-refractivity contribution is 0.190. The minimum Gasteiger partial charge on any atom is -0.496 e. The lowest BCUT2D eigenvalue weighted by Gasteiger charge is -2.17. The zero-order chi connectivity index (χ0) is 14.7. The Hall–Kier alpha value is -1.52. The standard InChI is InChI=1S/C16H17BrO3/c1-10-7-8-13(12(17)9-10)20-15-6-4-5-14(19-3)16(15)11(2)18/h4-9,11,18H,1-3H3. The van der Waals surface area contributed by atoms with Crippen LogP contribution in [-0.4, -0.2) is 12.2 Å². The van der Waals surface area contributed by atoms with Crippen LogP contribution in [0.4, 0.5) is 0 Å². The van der Waals surface area contributed by atoms with E-state index >= 15 is 0 Å². The van der Waals surface area contributed by atoms with Gasteiger partial charge in [0.15, 0.2) is 0 Å². The number of aliphatic hydroxyl groups is 1. The van der Waals surface area contributed by atoms with Crippen LogP contribution in [0.3, 0.4) is 0 Å². The first kappa shape index (κ1) is 14.9. The van der Waals surface area contributed by atoms with E-state index in [4.69, 9.17) is 9.47 Å². The van der Waals surface area contributed by atoms with Gasteiger partial charge >= 0.3 is 0 Å². The number of methoxy groups -OCH3 is 1. The van der Waals surface area contributed by atoms with Gasteiger partial charge in [0.25, 0.3) is 0 Å². The number of hydrogen-bond acceptors (Lipinski definition) is 3. The number of aliphatic hydroxyl groups excluding tert-OH is 1. The highest BCUT2D eigenvalue weighted by atomic mass is 79.9. The number of aryl methyl sites for hydroxylation is 1. The molecule has 1 N–H and O–H groups in total. The topological polar surface area (TPSA) is 38.7 Å². The van der Waals surface area contributed by atoms with E-state index in [9.17, 15) is 5.11 Å². The van der Waals surface area contributed by atoms with Crippen molar-refractivity contribution in [3.8, 4) is 17.2 Å². The third-order valence-electron chi connectivity index (χ3n) is 2.97. The van der Waals surface area contributed by atoms with Gasteiger partial charge in [-0.3, -0.25) is 0 Å². The molecule has 0 heterocycles. The van der Waals surface area contributed by atoms with Crippen molar-refractivity contribution in [2.45, 2.75) is 20.0 Å². The van der Waals surface area contributed by atoms with Gasteiger partial charge in [0.1, 0.15) is 17.2 Å². The van der Waals surface area contributed by atoms with E-state index in [0.29, 0.717) is 22.8 Å². The molecule has 1 atom stereocenters. The summed E-state index contributed by atoms with van der Waals surface area (Å²) in [6, 6.07) is 11.3. The SMILES string of the molecule is COc1cccc(Oc2ccc(C)cc2Br)c1C(C)O. The van der Waals surface area contributed by atoms with Crippen molar-refractivity contribution in [3.63, 3.8) is 0 Å². The molecule has 20 heavy (non-hydrogen) atoms. The molecule has 0 saturated carbocycles. The Morgan fingerprint density at radius 1 is 1.10 bits per heavy atom. The second-order valence-electron chi connectivity index (χ2n) is 4.58. The molecule has 4 heteroatoms. The molecule has 106 valence electrons. The van der Waals surface area contributed by atoms with Gasteiger partial charge in [-0.15, -0.1) is 0 Å². The monoisotopic (exact) mass is 336 g/mol. The number of benzene rings is 2. The Morgan fingerprint density at radius 2 is 1.80 bits per heavy atom. The summed E-state index contributed by atoms with van der Waals surface area (Å²) in [5, 5.41) is 9.94. The molecule has 0 aliphatic carbocycles. The summed E-state index contributed by atoms with van der Waals surface area (Å²) in [6.45, 7) is 3.70. The molecule has 2 rings (SSSR count). The molecule has 2 aromatic carbocycles. The summed E-state index contributed by atoms with van der Waals surface area (Å²) in [5.41, 5.74) is 1.79. The molecule has 0 aliphatic rings. The quantitative estimate of drug-likeness (QED) is 0.885. The average molecular weight is 337 g/mol. The van der Waals surface area contributed by atoms with Crippen molar-refractivity contribution in [1.29, 1.82) is 0 Å². The Morgan fingerprint density at radius 3 is 2.40 bits per heavy atom. The highest BCUT2D eigenvalue weighted by Gasteiger charge is 2.16. The van der Waals surface area contributed by atoms with Gasteiger partial charge < -0.3 is 14.6 Å². The van der Waals surface area contributed by atoms with Crippen LogP contribution < -0.4 is 9.47 Å². The zero-order valence-corrected chi connectivity index (χ0v) is 13.3. The maximum absolute atomic E-state index is 9.94. The number of halogens is 1. The smallest absolute Gasteiger partial charge is 0.141 e. The van der Waals surface area contributed by atoms with Crippen LogP contribution in [0.1, 0.15) is 24.2 Å². The highest BCUT2D eigenvalue weighted by Crippen LogP contribution is 2.38. The predicted octanol–water partition coefficient (Wildman–Crippen LogP) is 4.61. The van der Waals surface area contributed by atoms with E-state index in [0.717, 1.165) is 10.0 Å². The normalized spacial score (nSPS) is 12.1. The first-order chi connectivity index (χ1) is 9.52. The molecular weight excluding hydrogens is 320 g/mol. The molecule has 0 bridgehead atoms. The maximum atomic E-state index is 9.94. The first-order valence-corrected chi connectivity index (χ1v) is 7.11. The molecule has 0 amide bonds. The van der Waals surface area contributed by atoms with E-state index in [1.165, 1.54) is 0 Å². The minimum absolute atomic E-state index is 0.587. The largest absolute Gasteiger partial charge is 0.496 e. The summed E-state index contributed by atoms with van der Waals surface area (Å²) < 4.78 is 12.1. The van der Waals surface area contributed by atoms with Crippen LogP contribution in [0, 0.1) is 6.92 Å². The van der Waals surface area contributed by atoms with Crippen LogP contribution in [0.15, 0.2) is 40.9 Å². The van der Waals surface area contributed by atoms with Gasteiger partial charge in [-0.1, -0.05) is 12.1 Å². The summed E-state index contributed by atoms with van der Waals surface area (Å²) in [5.74, 6) is 1.90. The fraction of sp³-hybridized carbons (Fsp3) is 0.250. The minimum atomic E-state index is -0.676. The Kier molecular flexibility index (Phi) is 4.68. The molecule has 0 spiro atoms. The van der Waals surface area contributed by atoms with Gasteiger partial charge in [0, 0.05) is 0 Å². The summed E-state index contributed by atoms with van der Waals surface area (Å²) in [6.07, 6.45) is -0.676. The van der Waals surface area contributed by atoms with Crippen molar-refractivity contribution in [3.05, 3.63) is 52.0 Å². The average Bonchev–Trinajstić information content (AvgIpc) is 2.41. The summed E-state index contributed by atoms with van der Waals surface area (Å²) >= 11 is 3.48. The lowest BCUT2D eigenvalue weighted by Crippen LogP contribution is -2.00. The van der Waals surface area contributed by atoms with Gasteiger partial charge in [0.05, 0.1) is 23.2 Å². The van der Waals surface area contributed by atoms with Crippen LogP contribution in [0.5, 0.6) is 17.2 Å². The number of ether oxygens (including phenoxy) is 2. The maximum Gasteiger partial charge on any atom is 0.141 e. The van der Waals surface area contributed by atoms with Crippen LogP contribution in [0.25, 0.3) is 0 Å². The molecule has 2 aromatic rings. The van der Waals surface area contributed by atoms with Gasteiger partial charge in [-0.05, 0) is 59.6 Å². The number of hydrogen-bond donors (Lipinski definition) is 1. The summed E-state index contributed by atoms with van der Waals surface area (Å²) in [4.78, 5) is 0. The highest BCUT2D eigenvalue weighted by molar-refractivity contribution is 9.10. The molecule has 3 nitrogen and oxygen atoms in total. The lowest BCUT2D eigenvalue weighted by atomic mass is 10.1. The van der Waals surface area contributed by atoms with Crippen LogP contribution in [0.2, 0.25) is 0 Å². The Balaban J connectivity index is 2.43. The van der Waals surface area contributed by atoms with E-state index in [-0.39, 0.29) is 0 Å². The van der Waals surface area contributed by atoms with E-state index in [1.54, 1.807) is 20.1 Å². The van der Waals surface area contributed by atoms with Gasteiger partial charge in [-0.25, -0.2) is 0 Å². The van der Waals surface area contributed by atoms with E-state index in [1.807, 2.05) is 37.3 Å². The summed E-state index contributed by atoms with van der Waals surface area (Å²) in [7, 11) is 1.58. The van der Waals surface area contributed by atoms with Crippen LogP contribution in [-0.2, 0) is 0 Å². The van der Waals surface area contributed by atoms with Crippen molar-refractivity contribution >= 4 is 15.9 Å². The van der Waals surface area contributed by atoms with Gasteiger partial charge in [-0.2, -0.15) is 0 Å². The molecule has 0 aromatic heterocycles. The predicted molar refractivity (Wildman–Crippen MR) is 82.6 cm³/mol. The van der Waals surface area contributed by atoms with E-state index in [2.05, 4.69) is 15.9 Å². The fourth-order valence-electron chi connectivity index (χ4n) is 2.01. The van der Waals surface area contributed by atoms with Crippen molar-refractivity contribution < 1.29 is 14.6 Å². The second kappa shape index (κ2) is 6.29. The van der Waals surface area contributed by atoms with Crippen molar-refractivity contribution in [1.82, 2.24) is 0 Å². The van der Waals surface area contributed by atoms with Crippen LogP contribution >= 0.6 is 15.9 Å². The molecule has 0 saturated heterocycles. The van der Waals surface area contributed by atoms with Crippen molar-refractivity contribution in [2.75, 3.05) is 7.11 Å². The molecule has 0 radical (unpaired) electrons. The third kappa shape index (κ3) is 3.14. The third-order valence-corrected chi connectivity index (χ3v) is 3.59. The first-order valence-electron chi connectivity index (χ1n) is 6.32. The molecule has 1 unspecified atom stereocenters. The second-order valence-corrected chi connectivity index (χ2v) is 5.44. The Bertz CT molecular complexity index is 609. The molecular formula is C16H17BrO3. The Labute approximate surface area is 127 Å². The van der Waals surface area contributed by atoms with E-state index < -0.39 is 6.10 Å². The fourth-order valence-corrected chi connectivity index (χ4v) is 2.58. The molecule has 0 fully saturated rings. The molecule has 0 aliphatic heterocycles.